The van der Waals surface area contributed by atoms with E-state index in [2.05, 4.69) is 23.6 Å². The van der Waals surface area contributed by atoms with E-state index < -0.39 is 0 Å². The molecule has 0 aromatic rings. The summed E-state index contributed by atoms with van der Waals surface area (Å²) in [5.74, 6) is 0. The third kappa shape index (κ3) is 2.12. The lowest BCUT2D eigenvalue weighted by molar-refractivity contribution is 0.178. The van der Waals surface area contributed by atoms with Crippen LogP contribution in [0.5, 0.6) is 0 Å². The smallest absolute Gasteiger partial charge is 0.0223 e. The number of hydrogen-bond acceptors (Lipinski definition) is 2. The van der Waals surface area contributed by atoms with Crippen molar-refractivity contribution in [2.75, 3.05) is 26.2 Å². The van der Waals surface area contributed by atoms with Crippen LogP contribution >= 0.6 is 0 Å². The van der Waals surface area contributed by atoms with Crippen LogP contribution in [-0.4, -0.2) is 48.1 Å². The van der Waals surface area contributed by atoms with Crippen LogP contribution in [0.15, 0.2) is 0 Å². The number of rotatable bonds is 2. The van der Waals surface area contributed by atoms with E-state index in [9.17, 15) is 0 Å². The SMILES string of the molecule is CCC(C)N1CCCN2CCCC2C1. The van der Waals surface area contributed by atoms with Crippen molar-refractivity contribution >= 4 is 0 Å². The molecule has 0 radical (unpaired) electrons. The van der Waals surface area contributed by atoms with E-state index in [0.717, 1.165) is 12.1 Å². The van der Waals surface area contributed by atoms with Crippen molar-refractivity contribution in [3.05, 3.63) is 0 Å². The molecule has 2 aliphatic rings. The van der Waals surface area contributed by atoms with Gasteiger partial charge in [0.25, 0.3) is 0 Å². The first kappa shape index (κ1) is 10.4. The summed E-state index contributed by atoms with van der Waals surface area (Å²) in [6.07, 6.45) is 5.54. The Balaban J connectivity index is 1.94. The van der Waals surface area contributed by atoms with Gasteiger partial charge < -0.3 is 0 Å². The number of fused-ring (bicyclic) bond motifs is 1. The zero-order valence-corrected chi connectivity index (χ0v) is 9.71. The fourth-order valence-corrected chi connectivity index (χ4v) is 2.89. The van der Waals surface area contributed by atoms with Gasteiger partial charge in [-0.25, -0.2) is 0 Å². The van der Waals surface area contributed by atoms with Crippen LogP contribution in [0.4, 0.5) is 0 Å². The maximum Gasteiger partial charge on any atom is 0.0223 e. The van der Waals surface area contributed by atoms with Gasteiger partial charge in [-0.1, -0.05) is 6.92 Å². The minimum absolute atomic E-state index is 0.788. The lowest BCUT2D eigenvalue weighted by atomic mass is 10.1. The summed E-state index contributed by atoms with van der Waals surface area (Å²) in [6, 6.07) is 1.67. The Morgan fingerprint density at radius 1 is 1.21 bits per heavy atom. The Hall–Kier alpha value is -0.0800. The third-order valence-corrected chi connectivity index (χ3v) is 4.05. The summed E-state index contributed by atoms with van der Waals surface area (Å²) in [4.78, 5) is 5.42. The molecular weight excluding hydrogens is 172 g/mol. The van der Waals surface area contributed by atoms with Gasteiger partial charge >= 0.3 is 0 Å². The average Bonchev–Trinajstić information content (AvgIpc) is 2.54. The van der Waals surface area contributed by atoms with Crippen LogP contribution in [0.3, 0.4) is 0 Å². The van der Waals surface area contributed by atoms with E-state index in [1.807, 2.05) is 0 Å². The molecule has 2 atom stereocenters. The lowest BCUT2D eigenvalue weighted by Gasteiger charge is -2.29. The average molecular weight is 196 g/mol. The van der Waals surface area contributed by atoms with E-state index in [1.54, 1.807) is 0 Å². The van der Waals surface area contributed by atoms with Gasteiger partial charge in [0.2, 0.25) is 0 Å². The van der Waals surface area contributed by atoms with E-state index >= 15 is 0 Å². The van der Waals surface area contributed by atoms with Gasteiger partial charge in [0, 0.05) is 18.6 Å². The van der Waals surface area contributed by atoms with Crippen molar-refractivity contribution in [2.45, 2.75) is 51.6 Å². The van der Waals surface area contributed by atoms with Gasteiger partial charge in [-0.15, -0.1) is 0 Å². The van der Waals surface area contributed by atoms with Crippen LogP contribution in [0.25, 0.3) is 0 Å². The third-order valence-electron chi connectivity index (χ3n) is 4.05. The van der Waals surface area contributed by atoms with Crippen molar-refractivity contribution in [1.82, 2.24) is 9.80 Å². The van der Waals surface area contributed by atoms with E-state index in [-0.39, 0.29) is 0 Å². The van der Waals surface area contributed by atoms with Crippen LogP contribution in [-0.2, 0) is 0 Å². The highest BCUT2D eigenvalue weighted by Crippen LogP contribution is 2.22. The first-order chi connectivity index (χ1) is 6.81. The van der Waals surface area contributed by atoms with Crippen molar-refractivity contribution in [3.8, 4) is 0 Å². The summed E-state index contributed by atoms with van der Waals surface area (Å²) in [6.45, 7) is 10.0. The minimum atomic E-state index is 0.788. The Morgan fingerprint density at radius 2 is 2.00 bits per heavy atom. The maximum atomic E-state index is 2.71. The van der Waals surface area contributed by atoms with Gasteiger partial charge in [-0.2, -0.15) is 0 Å². The van der Waals surface area contributed by atoms with Gasteiger partial charge in [-0.3, -0.25) is 9.80 Å². The topological polar surface area (TPSA) is 6.48 Å². The summed E-state index contributed by atoms with van der Waals surface area (Å²) in [7, 11) is 0. The Kier molecular flexibility index (Phi) is 3.45. The molecule has 2 heterocycles. The second-order valence-electron chi connectivity index (χ2n) is 4.94. The molecule has 2 nitrogen and oxygen atoms in total. The summed E-state index contributed by atoms with van der Waals surface area (Å²) in [5.41, 5.74) is 0. The van der Waals surface area contributed by atoms with Crippen LogP contribution in [0, 0.1) is 0 Å². The predicted octanol–water partition coefficient (Wildman–Crippen LogP) is 1.96. The Bertz CT molecular complexity index is 181. The zero-order chi connectivity index (χ0) is 9.97. The molecule has 0 spiro atoms. The molecule has 0 saturated carbocycles. The van der Waals surface area contributed by atoms with Gasteiger partial charge in [0.05, 0.1) is 0 Å². The quantitative estimate of drug-likeness (QED) is 0.666. The van der Waals surface area contributed by atoms with E-state index in [1.165, 1.54) is 51.9 Å². The van der Waals surface area contributed by atoms with Crippen molar-refractivity contribution in [2.24, 2.45) is 0 Å². The molecule has 2 rings (SSSR count). The molecule has 2 saturated heterocycles. The predicted molar refractivity (Wildman–Crippen MR) is 60.5 cm³/mol. The molecule has 82 valence electrons. The summed E-state index contributed by atoms with van der Waals surface area (Å²) >= 11 is 0. The van der Waals surface area contributed by atoms with Crippen LogP contribution in [0.1, 0.15) is 39.5 Å². The van der Waals surface area contributed by atoms with Gasteiger partial charge in [0.15, 0.2) is 0 Å². The molecule has 0 aliphatic carbocycles. The standard InChI is InChI=1S/C12H24N2/c1-3-11(2)14-9-5-8-13-7-4-6-12(13)10-14/h11-12H,3-10H2,1-2H3. The molecule has 14 heavy (non-hydrogen) atoms. The monoisotopic (exact) mass is 196 g/mol. The van der Waals surface area contributed by atoms with E-state index in [4.69, 9.17) is 0 Å². The first-order valence-corrected chi connectivity index (χ1v) is 6.29. The fraction of sp³-hybridized carbons (Fsp3) is 1.00. The first-order valence-electron chi connectivity index (χ1n) is 6.29. The molecule has 2 aliphatic heterocycles. The number of nitrogens with zero attached hydrogens (tertiary/aromatic N) is 2. The van der Waals surface area contributed by atoms with Gasteiger partial charge in [0.1, 0.15) is 0 Å². The highest BCUT2D eigenvalue weighted by Gasteiger charge is 2.29. The zero-order valence-electron chi connectivity index (χ0n) is 9.71. The molecule has 0 aromatic carbocycles. The second kappa shape index (κ2) is 4.63. The molecule has 2 unspecified atom stereocenters. The second-order valence-corrected chi connectivity index (χ2v) is 4.94. The summed E-state index contributed by atoms with van der Waals surface area (Å²) in [5, 5.41) is 0. The van der Waals surface area contributed by atoms with Crippen molar-refractivity contribution in [1.29, 1.82) is 0 Å². The van der Waals surface area contributed by atoms with Crippen LogP contribution in [0.2, 0.25) is 0 Å². The Labute approximate surface area is 88.3 Å². The van der Waals surface area contributed by atoms with Crippen molar-refractivity contribution < 1.29 is 0 Å². The molecule has 0 amide bonds. The Morgan fingerprint density at radius 3 is 2.79 bits per heavy atom. The van der Waals surface area contributed by atoms with Gasteiger partial charge in [-0.05, 0) is 52.2 Å². The fourth-order valence-electron chi connectivity index (χ4n) is 2.89. The highest BCUT2D eigenvalue weighted by atomic mass is 15.3. The van der Waals surface area contributed by atoms with E-state index in [0.29, 0.717) is 0 Å². The molecule has 0 aromatic heterocycles. The lowest BCUT2D eigenvalue weighted by Crippen LogP contribution is -2.40. The molecule has 2 fully saturated rings. The maximum absolute atomic E-state index is 2.71. The summed E-state index contributed by atoms with van der Waals surface area (Å²) < 4.78 is 0. The normalized spacial score (nSPS) is 32.6. The van der Waals surface area contributed by atoms with Crippen molar-refractivity contribution in [3.63, 3.8) is 0 Å². The number of hydrogen-bond donors (Lipinski definition) is 0. The molecular formula is C12H24N2. The largest absolute Gasteiger partial charge is 0.299 e. The molecule has 0 bridgehead atoms. The highest BCUT2D eigenvalue weighted by molar-refractivity contribution is 4.86. The minimum Gasteiger partial charge on any atom is -0.299 e. The van der Waals surface area contributed by atoms with Crippen LogP contribution < -0.4 is 0 Å². The molecule has 2 heteroatoms. The molecule has 0 N–H and O–H groups in total.